The second kappa shape index (κ2) is 5.33. The number of ether oxygens (including phenoxy) is 2. The third-order valence-electron chi connectivity index (χ3n) is 3.93. The van der Waals surface area contributed by atoms with Crippen LogP contribution in [0.3, 0.4) is 0 Å². The first-order valence-corrected chi connectivity index (χ1v) is 7.83. The van der Waals surface area contributed by atoms with Gasteiger partial charge in [-0.25, -0.2) is 0 Å². The summed E-state index contributed by atoms with van der Waals surface area (Å²) < 4.78 is 12.3. The van der Waals surface area contributed by atoms with E-state index in [-0.39, 0.29) is 0 Å². The molecule has 0 spiro atoms. The minimum Gasteiger partial charge on any atom is -0.453 e. The van der Waals surface area contributed by atoms with Crippen LogP contribution in [-0.2, 0) is 0 Å². The summed E-state index contributed by atoms with van der Waals surface area (Å²) in [7, 11) is 0. The van der Waals surface area contributed by atoms with Crippen LogP contribution in [-0.4, -0.2) is 13.3 Å². The van der Waals surface area contributed by atoms with E-state index in [1.807, 2.05) is 0 Å². The van der Waals surface area contributed by atoms with E-state index >= 15 is 0 Å². The molecule has 2 heterocycles. The average Bonchev–Trinajstić information content (AvgIpc) is 2.88. The highest BCUT2D eigenvalue weighted by Gasteiger charge is 2.29. The molecule has 0 radical (unpaired) electrons. The molecular weight excluding hydrogens is 306 g/mol. The fraction of sp³-hybridized carbons (Fsp3) is 0.600. The molecule has 1 saturated heterocycles. The molecule has 1 aromatic rings. The zero-order valence-electron chi connectivity index (χ0n) is 11.5. The average molecular weight is 326 g/mol. The molecule has 0 aliphatic carbocycles. The summed E-state index contributed by atoms with van der Waals surface area (Å²) in [6, 6.07) is 2.66. The Balaban J connectivity index is 2.09. The van der Waals surface area contributed by atoms with Crippen molar-refractivity contribution >= 4 is 15.9 Å². The van der Waals surface area contributed by atoms with Gasteiger partial charge in [-0.05, 0) is 52.9 Å². The zero-order chi connectivity index (χ0) is 13.4. The van der Waals surface area contributed by atoms with Gasteiger partial charge < -0.3 is 14.8 Å². The summed E-state index contributed by atoms with van der Waals surface area (Å²) >= 11 is 3.62. The first-order valence-electron chi connectivity index (χ1n) is 7.03. The van der Waals surface area contributed by atoms with E-state index in [2.05, 4.69) is 41.2 Å². The lowest BCUT2D eigenvalue weighted by Crippen LogP contribution is -2.27. The Bertz CT molecular complexity index is 482. The molecule has 2 aliphatic rings. The van der Waals surface area contributed by atoms with Gasteiger partial charge in [0.2, 0.25) is 6.79 Å². The van der Waals surface area contributed by atoms with Gasteiger partial charge in [0.25, 0.3) is 0 Å². The van der Waals surface area contributed by atoms with Gasteiger partial charge in [0.05, 0.1) is 4.47 Å². The topological polar surface area (TPSA) is 30.5 Å². The third-order valence-corrected chi connectivity index (χ3v) is 4.52. The number of fused-ring (bicyclic) bond motifs is 1. The highest BCUT2D eigenvalue weighted by atomic mass is 79.9. The van der Waals surface area contributed by atoms with Gasteiger partial charge in [0, 0.05) is 11.6 Å². The molecule has 0 amide bonds. The largest absolute Gasteiger partial charge is 0.453 e. The molecule has 1 atom stereocenters. The molecule has 3 rings (SSSR count). The van der Waals surface area contributed by atoms with Gasteiger partial charge in [0.15, 0.2) is 11.5 Å². The van der Waals surface area contributed by atoms with E-state index in [1.165, 1.54) is 30.4 Å². The third kappa shape index (κ3) is 2.36. The SMILES string of the molecule is CC(C)c1c(C2CCCCN2)cc(Br)c2c1OCO2. The van der Waals surface area contributed by atoms with Gasteiger partial charge in [-0.3, -0.25) is 0 Å². The van der Waals surface area contributed by atoms with Crippen molar-refractivity contribution in [3.05, 3.63) is 21.7 Å². The zero-order valence-corrected chi connectivity index (χ0v) is 13.0. The molecular formula is C15H20BrNO2. The predicted octanol–water partition coefficient (Wildman–Crippen LogP) is 4.12. The Morgan fingerprint density at radius 2 is 2.05 bits per heavy atom. The van der Waals surface area contributed by atoms with Crippen molar-refractivity contribution in [1.29, 1.82) is 0 Å². The Morgan fingerprint density at radius 3 is 2.74 bits per heavy atom. The first-order chi connectivity index (χ1) is 9.18. The van der Waals surface area contributed by atoms with Crippen LogP contribution in [0.4, 0.5) is 0 Å². The van der Waals surface area contributed by atoms with Crippen molar-refractivity contribution in [1.82, 2.24) is 5.32 Å². The summed E-state index contributed by atoms with van der Waals surface area (Å²) in [6.45, 7) is 5.87. The Labute approximate surface area is 122 Å². The van der Waals surface area contributed by atoms with E-state index in [4.69, 9.17) is 9.47 Å². The quantitative estimate of drug-likeness (QED) is 0.887. The smallest absolute Gasteiger partial charge is 0.231 e. The molecule has 1 fully saturated rings. The van der Waals surface area contributed by atoms with Crippen LogP contribution < -0.4 is 14.8 Å². The maximum Gasteiger partial charge on any atom is 0.231 e. The molecule has 3 nitrogen and oxygen atoms in total. The summed E-state index contributed by atoms with van der Waals surface area (Å²) in [4.78, 5) is 0. The Morgan fingerprint density at radius 1 is 1.26 bits per heavy atom. The molecule has 1 aromatic carbocycles. The van der Waals surface area contributed by atoms with Crippen LogP contribution in [0.5, 0.6) is 11.5 Å². The van der Waals surface area contributed by atoms with E-state index in [9.17, 15) is 0 Å². The summed E-state index contributed by atoms with van der Waals surface area (Å²) in [5.41, 5.74) is 2.67. The summed E-state index contributed by atoms with van der Waals surface area (Å²) in [6.07, 6.45) is 3.77. The first kappa shape index (κ1) is 13.3. The lowest BCUT2D eigenvalue weighted by molar-refractivity contribution is 0.172. The minimum atomic E-state index is 0.329. The van der Waals surface area contributed by atoms with Crippen LogP contribution in [0.15, 0.2) is 10.5 Å². The van der Waals surface area contributed by atoms with Crippen LogP contribution in [0, 0.1) is 0 Å². The standard InChI is InChI=1S/C15H20BrNO2/c1-9(2)13-10(12-5-3-4-6-17-12)7-11(16)14-15(13)19-8-18-14/h7,9,12,17H,3-6,8H2,1-2H3. The molecule has 19 heavy (non-hydrogen) atoms. The van der Waals surface area contributed by atoms with Crippen LogP contribution in [0.2, 0.25) is 0 Å². The molecule has 0 saturated carbocycles. The Kier molecular flexibility index (Phi) is 3.72. The van der Waals surface area contributed by atoms with Crippen molar-refractivity contribution in [2.45, 2.75) is 45.1 Å². The van der Waals surface area contributed by atoms with Gasteiger partial charge in [-0.1, -0.05) is 20.3 Å². The van der Waals surface area contributed by atoms with Crippen molar-refractivity contribution in [2.24, 2.45) is 0 Å². The number of piperidine rings is 1. The second-order valence-electron chi connectivity index (χ2n) is 5.58. The lowest BCUT2D eigenvalue weighted by atomic mass is 9.88. The second-order valence-corrected chi connectivity index (χ2v) is 6.44. The van der Waals surface area contributed by atoms with E-state index in [0.29, 0.717) is 18.8 Å². The van der Waals surface area contributed by atoms with Crippen LogP contribution in [0.25, 0.3) is 0 Å². The lowest BCUT2D eigenvalue weighted by Gasteiger charge is -2.28. The van der Waals surface area contributed by atoms with Crippen molar-refractivity contribution in [2.75, 3.05) is 13.3 Å². The minimum absolute atomic E-state index is 0.329. The van der Waals surface area contributed by atoms with Crippen molar-refractivity contribution < 1.29 is 9.47 Å². The van der Waals surface area contributed by atoms with Crippen molar-refractivity contribution in [3.8, 4) is 11.5 Å². The maximum atomic E-state index is 5.72. The predicted molar refractivity (Wildman–Crippen MR) is 78.9 cm³/mol. The molecule has 104 valence electrons. The van der Waals surface area contributed by atoms with Gasteiger partial charge in [0.1, 0.15) is 0 Å². The monoisotopic (exact) mass is 325 g/mol. The maximum absolute atomic E-state index is 5.72. The number of halogens is 1. The summed E-state index contributed by atoms with van der Waals surface area (Å²) in [5.74, 6) is 2.23. The molecule has 0 bridgehead atoms. The molecule has 4 heteroatoms. The molecule has 1 N–H and O–H groups in total. The van der Waals surface area contributed by atoms with Crippen LogP contribution >= 0.6 is 15.9 Å². The van der Waals surface area contributed by atoms with Gasteiger partial charge in [-0.15, -0.1) is 0 Å². The number of benzene rings is 1. The van der Waals surface area contributed by atoms with E-state index in [0.717, 1.165) is 22.5 Å². The highest BCUT2D eigenvalue weighted by molar-refractivity contribution is 9.10. The number of hydrogen-bond acceptors (Lipinski definition) is 3. The van der Waals surface area contributed by atoms with Gasteiger partial charge >= 0.3 is 0 Å². The highest BCUT2D eigenvalue weighted by Crippen LogP contribution is 2.48. The molecule has 2 aliphatic heterocycles. The number of nitrogens with one attached hydrogen (secondary N) is 1. The number of hydrogen-bond donors (Lipinski definition) is 1. The Hall–Kier alpha value is -0.740. The fourth-order valence-electron chi connectivity index (χ4n) is 3.07. The van der Waals surface area contributed by atoms with E-state index < -0.39 is 0 Å². The van der Waals surface area contributed by atoms with E-state index in [1.54, 1.807) is 0 Å². The fourth-order valence-corrected chi connectivity index (χ4v) is 3.61. The molecule has 1 unspecified atom stereocenters. The normalized spacial score (nSPS) is 22.0. The number of rotatable bonds is 2. The molecule has 0 aromatic heterocycles. The van der Waals surface area contributed by atoms with Gasteiger partial charge in [-0.2, -0.15) is 0 Å². The summed E-state index contributed by atoms with van der Waals surface area (Å²) in [5, 5.41) is 3.63. The van der Waals surface area contributed by atoms with Crippen molar-refractivity contribution in [3.63, 3.8) is 0 Å². The van der Waals surface area contributed by atoms with Crippen LogP contribution in [0.1, 0.15) is 56.2 Å².